The minimum absolute atomic E-state index is 1.47. The predicted octanol–water partition coefficient (Wildman–Crippen LogP) is -0.0736. The maximum absolute atomic E-state index is 8.88. The van der Waals surface area contributed by atoms with Crippen LogP contribution >= 0.6 is 19.4 Å². The summed E-state index contributed by atoms with van der Waals surface area (Å²) in [6.07, 6.45) is 1.47. The molecule has 0 spiro atoms. The molecule has 46 valence electrons. The third kappa shape index (κ3) is 774. The Morgan fingerprint density at radius 1 is 1.29 bits per heavy atom. The van der Waals surface area contributed by atoms with Crippen molar-refractivity contribution >= 4 is 19.4 Å². The first kappa shape index (κ1) is 10.4. The highest BCUT2D eigenvalue weighted by Gasteiger charge is 2.00. The summed E-state index contributed by atoms with van der Waals surface area (Å²) < 4.78 is 8.88. The number of alkyl halides is 1. The molecule has 0 saturated heterocycles. The molecule has 6 heteroatoms. The van der Waals surface area contributed by atoms with Gasteiger partial charge in [0.2, 0.25) is 0 Å². The van der Waals surface area contributed by atoms with E-state index in [9.17, 15) is 0 Å². The van der Waals surface area contributed by atoms with Gasteiger partial charge in [0, 0.05) is 6.38 Å². The van der Waals surface area contributed by atoms with Crippen LogP contribution in [0.4, 0.5) is 0 Å². The van der Waals surface area contributed by atoms with Crippen LogP contribution in [-0.4, -0.2) is 21.1 Å². The number of halogens is 1. The molecule has 0 aliphatic carbocycles. The van der Waals surface area contributed by atoms with E-state index in [0.29, 0.717) is 0 Å². The average molecular weight is 148 g/mol. The van der Waals surface area contributed by atoms with Crippen molar-refractivity contribution in [1.82, 2.24) is 0 Å². The number of rotatable bonds is 0. The second kappa shape index (κ2) is 4.56. The van der Waals surface area contributed by atoms with Crippen LogP contribution in [0.25, 0.3) is 0 Å². The Kier molecular flexibility index (Phi) is 6.77. The van der Waals surface area contributed by atoms with Crippen molar-refractivity contribution in [2.75, 3.05) is 6.38 Å². The van der Waals surface area contributed by atoms with Crippen LogP contribution in [0.3, 0.4) is 0 Å². The van der Waals surface area contributed by atoms with Gasteiger partial charge in [-0.15, -0.1) is 11.6 Å². The van der Waals surface area contributed by atoms with E-state index < -0.39 is 7.82 Å². The molecular weight excluding hydrogens is 142 g/mol. The number of phosphoric acid groups is 1. The highest BCUT2D eigenvalue weighted by atomic mass is 35.5. The molecule has 3 N–H and O–H groups in total. The molecule has 0 radical (unpaired) electrons. The van der Waals surface area contributed by atoms with E-state index in [1.165, 1.54) is 6.38 Å². The largest absolute Gasteiger partial charge is 0.466 e. The van der Waals surface area contributed by atoms with Crippen LogP contribution in [-0.2, 0) is 4.57 Å². The van der Waals surface area contributed by atoms with E-state index in [4.69, 9.17) is 19.2 Å². The summed E-state index contributed by atoms with van der Waals surface area (Å²) in [5, 5.41) is 0. The fraction of sp³-hybridized carbons (Fsp3) is 1.00. The Morgan fingerprint density at radius 3 is 1.29 bits per heavy atom. The lowest BCUT2D eigenvalue weighted by atomic mass is 12.0. The lowest BCUT2D eigenvalue weighted by molar-refractivity contribution is 0.275. The van der Waals surface area contributed by atoms with Crippen molar-refractivity contribution in [3.63, 3.8) is 0 Å². The molecule has 0 amide bonds. The molecule has 4 nitrogen and oxygen atoms in total. The summed E-state index contributed by atoms with van der Waals surface area (Å²) in [6.45, 7) is 0. The molecule has 0 aliphatic heterocycles. The predicted molar refractivity (Wildman–Crippen MR) is 26.0 cm³/mol. The first-order valence-electron chi connectivity index (χ1n) is 1.16. The molecule has 0 heterocycles. The van der Waals surface area contributed by atoms with Crippen LogP contribution in [0.5, 0.6) is 0 Å². The highest BCUT2D eigenvalue weighted by molar-refractivity contribution is 7.45. The smallest absolute Gasteiger partial charge is 0.303 e. The molecule has 0 unspecified atom stereocenters. The molecule has 0 saturated carbocycles. The molecule has 7 heavy (non-hydrogen) atoms. The van der Waals surface area contributed by atoms with E-state index in [0.717, 1.165) is 0 Å². The third-order valence-electron chi connectivity index (χ3n) is 0. The van der Waals surface area contributed by atoms with Crippen molar-refractivity contribution in [3.05, 3.63) is 0 Å². The van der Waals surface area contributed by atoms with Crippen LogP contribution in [0, 0.1) is 0 Å². The second-order valence-electron chi connectivity index (χ2n) is 0.513. The first-order chi connectivity index (χ1) is 3.00. The summed E-state index contributed by atoms with van der Waals surface area (Å²) in [6, 6.07) is 0. The zero-order valence-corrected chi connectivity index (χ0v) is 5.23. The molecule has 0 aromatic rings. The summed E-state index contributed by atoms with van der Waals surface area (Å²) in [5.41, 5.74) is 0. The number of hydrogen-bond donors (Lipinski definition) is 3. The van der Waals surface area contributed by atoms with E-state index >= 15 is 0 Å². The fourth-order valence-electron chi connectivity index (χ4n) is 0. The zero-order valence-electron chi connectivity index (χ0n) is 3.58. The lowest BCUT2D eigenvalue weighted by Gasteiger charge is -1.82. The van der Waals surface area contributed by atoms with Gasteiger partial charge in [-0.3, -0.25) is 0 Å². The second-order valence-corrected chi connectivity index (χ2v) is 1.54. The zero-order chi connectivity index (χ0) is 6.50. The van der Waals surface area contributed by atoms with Gasteiger partial charge in [0.05, 0.1) is 0 Å². The summed E-state index contributed by atoms with van der Waals surface area (Å²) in [7, 11) is -4.64. The number of hydrogen-bond acceptors (Lipinski definition) is 1. The van der Waals surface area contributed by atoms with Crippen LogP contribution in [0.2, 0.25) is 0 Å². The van der Waals surface area contributed by atoms with Crippen molar-refractivity contribution in [1.29, 1.82) is 0 Å². The van der Waals surface area contributed by atoms with Gasteiger partial charge in [0.15, 0.2) is 0 Å². The molecule has 0 bridgehead atoms. The van der Waals surface area contributed by atoms with E-state index in [-0.39, 0.29) is 0 Å². The quantitative estimate of drug-likeness (QED) is 0.332. The first-order valence-corrected chi connectivity index (χ1v) is 3.48. The molecule has 0 fully saturated rings. The lowest BCUT2D eigenvalue weighted by Crippen LogP contribution is -1.66. The SMILES string of the molecule is CCl.O=P(O)(O)O. The van der Waals surface area contributed by atoms with Crippen molar-refractivity contribution in [3.8, 4) is 0 Å². The Labute approximate surface area is 46.0 Å². The summed E-state index contributed by atoms with van der Waals surface area (Å²) >= 11 is 4.64. The average Bonchev–Trinajstić information content (AvgIpc) is 1.36. The van der Waals surface area contributed by atoms with Crippen LogP contribution in [0.1, 0.15) is 0 Å². The van der Waals surface area contributed by atoms with Gasteiger partial charge in [-0.05, 0) is 0 Å². The Hall–Kier alpha value is 0.400. The van der Waals surface area contributed by atoms with Crippen LogP contribution in [0.15, 0.2) is 0 Å². The molecule has 0 rings (SSSR count). The summed E-state index contributed by atoms with van der Waals surface area (Å²) in [4.78, 5) is 21.6. The van der Waals surface area contributed by atoms with Gasteiger partial charge >= 0.3 is 7.82 Å². The Bertz CT molecular complexity index is 57.8. The standard InChI is InChI=1S/CH3Cl.H3O4P/c1-2;1-5(2,3)4/h1H3;(H3,1,2,3,4). The van der Waals surface area contributed by atoms with Gasteiger partial charge in [0.1, 0.15) is 0 Å². The summed E-state index contributed by atoms with van der Waals surface area (Å²) in [5.74, 6) is 0. The van der Waals surface area contributed by atoms with E-state index in [2.05, 4.69) is 11.6 Å². The van der Waals surface area contributed by atoms with Gasteiger partial charge < -0.3 is 14.7 Å². The molecular formula is CH6ClO4P. The monoisotopic (exact) mass is 148 g/mol. The van der Waals surface area contributed by atoms with E-state index in [1.54, 1.807) is 0 Å². The molecule has 0 aromatic carbocycles. The van der Waals surface area contributed by atoms with Crippen molar-refractivity contribution < 1.29 is 19.2 Å². The molecule has 0 atom stereocenters. The maximum Gasteiger partial charge on any atom is 0.466 e. The van der Waals surface area contributed by atoms with Gasteiger partial charge in [-0.2, -0.15) is 0 Å². The topological polar surface area (TPSA) is 77.8 Å². The van der Waals surface area contributed by atoms with E-state index in [1.807, 2.05) is 0 Å². The van der Waals surface area contributed by atoms with Gasteiger partial charge in [-0.25, -0.2) is 4.57 Å². The highest BCUT2D eigenvalue weighted by Crippen LogP contribution is 2.25. The minimum atomic E-state index is -4.64. The Balaban J connectivity index is 0. The van der Waals surface area contributed by atoms with Gasteiger partial charge in [0.25, 0.3) is 0 Å². The fourth-order valence-corrected chi connectivity index (χ4v) is 0. The van der Waals surface area contributed by atoms with Crippen molar-refractivity contribution in [2.24, 2.45) is 0 Å². The van der Waals surface area contributed by atoms with Crippen molar-refractivity contribution in [2.45, 2.75) is 0 Å². The normalized spacial score (nSPS) is 9.29. The van der Waals surface area contributed by atoms with Gasteiger partial charge in [-0.1, -0.05) is 0 Å². The third-order valence-corrected chi connectivity index (χ3v) is 0. The molecule has 0 aliphatic rings. The minimum Gasteiger partial charge on any atom is -0.303 e. The maximum atomic E-state index is 8.88. The molecule has 0 aromatic heterocycles. The van der Waals surface area contributed by atoms with Crippen LogP contribution < -0.4 is 0 Å². The Morgan fingerprint density at radius 2 is 1.29 bits per heavy atom.